The third-order valence-corrected chi connectivity index (χ3v) is 6.11. The molecule has 33 heavy (non-hydrogen) atoms. The molecule has 0 bridgehead atoms. The molecule has 1 amide bonds. The van der Waals surface area contributed by atoms with E-state index in [-0.39, 0.29) is 5.91 Å². The van der Waals surface area contributed by atoms with Crippen molar-refractivity contribution >= 4 is 39.9 Å². The molecule has 3 aromatic rings. The highest BCUT2D eigenvalue weighted by molar-refractivity contribution is 14.1. The summed E-state index contributed by atoms with van der Waals surface area (Å²) in [4.78, 5) is 15.5. The Labute approximate surface area is 206 Å². The third kappa shape index (κ3) is 4.27. The fraction of sp³-hybridized carbons (Fsp3) is 0.240. The van der Waals surface area contributed by atoms with Gasteiger partial charge in [-0.2, -0.15) is 0 Å². The van der Waals surface area contributed by atoms with E-state index in [2.05, 4.69) is 27.9 Å². The molecule has 8 heteroatoms. The summed E-state index contributed by atoms with van der Waals surface area (Å²) in [5, 5.41) is 3.52. The predicted molar refractivity (Wildman–Crippen MR) is 136 cm³/mol. The largest absolute Gasteiger partial charge is 0.494 e. The quantitative estimate of drug-likeness (QED) is 0.386. The highest BCUT2D eigenvalue weighted by atomic mass is 127. The summed E-state index contributed by atoms with van der Waals surface area (Å²) >= 11 is 2.21. The number of ether oxygens (including phenoxy) is 4. The maximum atomic E-state index is 13.8. The summed E-state index contributed by atoms with van der Waals surface area (Å²) in [7, 11) is 4.71. The second-order valence-corrected chi connectivity index (χ2v) is 8.51. The van der Waals surface area contributed by atoms with Gasteiger partial charge in [0.2, 0.25) is 5.75 Å². The first-order chi connectivity index (χ1) is 16.0. The van der Waals surface area contributed by atoms with Crippen molar-refractivity contribution in [3.05, 3.63) is 69.3 Å². The summed E-state index contributed by atoms with van der Waals surface area (Å²) in [6, 6.07) is 16.9. The molecule has 1 aliphatic rings. The van der Waals surface area contributed by atoms with Gasteiger partial charge in [-0.05, 0) is 84.1 Å². The van der Waals surface area contributed by atoms with Crippen molar-refractivity contribution in [1.29, 1.82) is 0 Å². The van der Waals surface area contributed by atoms with Crippen LogP contribution in [-0.2, 0) is 0 Å². The van der Waals surface area contributed by atoms with Crippen LogP contribution >= 0.6 is 22.6 Å². The minimum absolute atomic E-state index is 0.117. The molecule has 7 nitrogen and oxygen atoms in total. The highest BCUT2D eigenvalue weighted by Crippen LogP contribution is 2.46. The van der Waals surface area contributed by atoms with Crippen LogP contribution in [-0.4, -0.2) is 33.8 Å². The standard InChI is InChI=1S/C25H25IN2O5/c1-5-33-17-9-7-16(8-10-17)28-24(27-20-12-6-15(26)14-19(20)25(28)29)18-11-13-21(30-2)23(32-4)22(18)31-3/h6-14,24,27H,5H2,1-4H3/t24-/m1/s1. The first kappa shape index (κ1) is 23.0. The first-order valence-corrected chi connectivity index (χ1v) is 11.5. The molecule has 0 aliphatic carbocycles. The van der Waals surface area contributed by atoms with Crippen LogP contribution in [0, 0.1) is 3.57 Å². The minimum atomic E-state index is -0.544. The average molecular weight is 560 g/mol. The zero-order valence-corrected chi connectivity index (χ0v) is 21.0. The molecule has 172 valence electrons. The smallest absolute Gasteiger partial charge is 0.262 e. The number of nitrogens with one attached hydrogen (secondary N) is 1. The molecule has 0 saturated heterocycles. The number of hydrogen-bond acceptors (Lipinski definition) is 6. The van der Waals surface area contributed by atoms with Crippen LogP contribution in [0.25, 0.3) is 0 Å². The number of anilines is 2. The van der Waals surface area contributed by atoms with E-state index in [0.717, 1.165) is 26.3 Å². The molecule has 4 rings (SSSR count). The fourth-order valence-corrected chi connectivity index (χ4v) is 4.46. The van der Waals surface area contributed by atoms with Crippen molar-refractivity contribution in [2.45, 2.75) is 13.1 Å². The Kier molecular flexibility index (Phi) is 6.83. The number of carbonyl (C=O) groups excluding carboxylic acids is 1. The van der Waals surface area contributed by atoms with E-state index in [1.807, 2.05) is 61.5 Å². The number of carbonyl (C=O) groups is 1. The van der Waals surface area contributed by atoms with Crippen molar-refractivity contribution in [3.63, 3.8) is 0 Å². The Morgan fingerprint density at radius 2 is 1.67 bits per heavy atom. The summed E-state index contributed by atoms with van der Waals surface area (Å²) in [6.07, 6.45) is -0.544. The molecule has 1 N–H and O–H groups in total. The average Bonchev–Trinajstić information content (AvgIpc) is 2.84. The lowest BCUT2D eigenvalue weighted by atomic mass is 10.0. The van der Waals surface area contributed by atoms with Gasteiger partial charge < -0.3 is 24.3 Å². The Hall–Kier alpha value is -3.14. The number of benzene rings is 3. The van der Waals surface area contributed by atoms with Crippen molar-refractivity contribution in [2.24, 2.45) is 0 Å². The van der Waals surface area contributed by atoms with Crippen molar-refractivity contribution < 1.29 is 23.7 Å². The number of fused-ring (bicyclic) bond motifs is 1. The van der Waals surface area contributed by atoms with E-state index in [4.69, 9.17) is 18.9 Å². The summed E-state index contributed by atoms with van der Waals surface area (Å²) < 4.78 is 23.3. The SMILES string of the molecule is CCOc1ccc(N2C(=O)c3cc(I)ccc3N[C@H]2c2ccc(OC)c(OC)c2OC)cc1. The highest BCUT2D eigenvalue weighted by Gasteiger charge is 2.37. The van der Waals surface area contributed by atoms with Crippen molar-refractivity contribution in [3.8, 4) is 23.0 Å². The van der Waals surface area contributed by atoms with Crippen LogP contribution < -0.4 is 29.2 Å². The normalized spacial score (nSPS) is 14.9. The van der Waals surface area contributed by atoms with E-state index >= 15 is 0 Å². The Morgan fingerprint density at radius 1 is 0.939 bits per heavy atom. The summed E-state index contributed by atoms with van der Waals surface area (Å²) in [5.74, 6) is 2.13. The molecule has 1 aliphatic heterocycles. The molecule has 0 radical (unpaired) electrons. The van der Waals surface area contributed by atoms with Gasteiger partial charge in [-0.15, -0.1) is 0 Å². The van der Waals surface area contributed by atoms with Crippen LogP contribution in [0.3, 0.4) is 0 Å². The van der Waals surface area contributed by atoms with Gasteiger partial charge in [-0.1, -0.05) is 0 Å². The number of rotatable bonds is 7. The van der Waals surface area contributed by atoms with Crippen LogP contribution in [0.2, 0.25) is 0 Å². The number of hydrogen-bond donors (Lipinski definition) is 1. The van der Waals surface area contributed by atoms with Crippen LogP contribution in [0.4, 0.5) is 11.4 Å². The second-order valence-electron chi connectivity index (χ2n) is 7.26. The number of halogens is 1. The molecule has 1 atom stereocenters. The van der Waals surface area contributed by atoms with E-state index in [1.54, 1.807) is 26.2 Å². The Bertz CT molecular complexity index is 1170. The molecule has 0 spiro atoms. The lowest BCUT2D eigenvalue weighted by Gasteiger charge is -2.39. The maximum Gasteiger partial charge on any atom is 0.262 e. The number of nitrogens with zero attached hydrogens (tertiary/aromatic N) is 1. The fourth-order valence-electron chi connectivity index (χ4n) is 3.97. The third-order valence-electron chi connectivity index (χ3n) is 5.44. The van der Waals surface area contributed by atoms with E-state index in [1.165, 1.54) is 0 Å². The van der Waals surface area contributed by atoms with Gasteiger partial charge in [-0.25, -0.2) is 0 Å². The second kappa shape index (κ2) is 9.78. The van der Waals surface area contributed by atoms with Gasteiger partial charge in [-0.3, -0.25) is 9.69 Å². The lowest BCUT2D eigenvalue weighted by Crippen LogP contribution is -2.43. The monoisotopic (exact) mass is 560 g/mol. The first-order valence-electron chi connectivity index (χ1n) is 10.4. The Balaban J connectivity index is 1.89. The molecule has 0 saturated carbocycles. The lowest BCUT2D eigenvalue weighted by molar-refractivity contribution is 0.0974. The van der Waals surface area contributed by atoms with Crippen LogP contribution in [0.1, 0.15) is 29.0 Å². The van der Waals surface area contributed by atoms with Gasteiger partial charge in [0, 0.05) is 20.5 Å². The molecule has 3 aromatic carbocycles. The summed E-state index contributed by atoms with van der Waals surface area (Å²) in [5.41, 5.74) is 2.82. The van der Waals surface area contributed by atoms with E-state index in [9.17, 15) is 4.79 Å². The molecule has 0 unspecified atom stereocenters. The van der Waals surface area contributed by atoms with Gasteiger partial charge in [0.05, 0.1) is 33.5 Å². The summed E-state index contributed by atoms with van der Waals surface area (Å²) in [6.45, 7) is 2.50. The number of methoxy groups -OCH3 is 3. The Morgan fingerprint density at radius 3 is 2.30 bits per heavy atom. The molecule has 0 aromatic heterocycles. The topological polar surface area (TPSA) is 69.3 Å². The van der Waals surface area contributed by atoms with Crippen molar-refractivity contribution in [2.75, 3.05) is 38.2 Å². The molecular weight excluding hydrogens is 535 g/mol. The maximum absolute atomic E-state index is 13.8. The van der Waals surface area contributed by atoms with E-state index < -0.39 is 6.17 Å². The van der Waals surface area contributed by atoms with Gasteiger partial charge in [0.25, 0.3) is 5.91 Å². The van der Waals surface area contributed by atoms with Crippen LogP contribution in [0.15, 0.2) is 54.6 Å². The van der Waals surface area contributed by atoms with Crippen molar-refractivity contribution in [1.82, 2.24) is 0 Å². The zero-order valence-electron chi connectivity index (χ0n) is 18.8. The van der Waals surface area contributed by atoms with Crippen LogP contribution in [0.5, 0.6) is 23.0 Å². The number of amides is 1. The minimum Gasteiger partial charge on any atom is -0.494 e. The van der Waals surface area contributed by atoms with Gasteiger partial charge in [0.1, 0.15) is 11.9 Å². The molecular formula is C25H25IN2O5. The zero-order chi connectivity index (χ0) is 23.5. The van der Waals surface area contributed by atoms with Gasteiger partial charge >= 0.3 is 0 Å². The molecule has 0 fully saturated rings. The molecule has 1 heterocycles. The van der Waals surface area contributed by atoms with Gasteiger partial charge in [0.15, 0.2) is 11.5 Å². The van der Waals surface area contributed by atoms with E-state index in [0.29, 0.717) is 29.4 Å². The predicted octanol–water partition coefficient (Wildman–Crippen LogP) is 5.49.